The number of carbonyl (C=O) groups is 2. The Morgan fingerprint density at radius 3 is 1.83 bits per heavy atom. The first kappa shape index (κ1) is 21.1. The summed E-state index contributed by atoms with van der Waals surface area (Å²) in [6.45, 7) is 2.43. The lowest BCUT2D eigenvalue weighted by atomic mass is 9.55. The van der Waals surface area contributed by atoms with Crippen LogP contribution in [0, 0.1) is 11.8 Å². The molecule has 0 radical (unpaired) electrons. The number of rotatable bonds is 4. The summed E-state index contributed by atoms with van der Waals surface area (Å²) >= 11 is 0. The summed E-state index contributed by atoms with van der Waals surface area (Å²) in [6.07, 6.45) is 1.61. The number of hydrazone groups is 1. The van der Waals surface area contributed by atoms with Gasteiger partial charge in [-0.05, 0) is 46.0 Å². The van der Waals surface area contributed by atoms with E-state index in [4.69, 9.17) is 4.74 Å². The summed E-state index contributed by atoms with van der Waals surface area (Å²) in [5.74, 6) is -0.930. The predicted octanol–water partition coefficient (Wildman–Crippen LogP) is 5.46. The third kappa shape index (κ3) is 2.80. The van der Waals surface area contributed by atoms with Gasteiger partial charge in [-0.2, -0.15) is 10.1 Å². The van der Waals surface area contributed by atoms with Crippen LogP contribution in [0.15, 0.2) is 90.0 Å². The molecule has 1 aliphatic heterocycles. The molecule has 1 fully saturated rings. The minimum absolute atomic E-state index is 0.138. The van der Waals surface area contributed by atoms with Crippen LogP contribution < -0.4 is 4.74 Å². The minimum atomic E-state index is -0.441. The zero-order valence-corrected chi connectivity index (χ0v) is 19.8. The Balaban J connectivity index is 1.33. The quantitative estimate of drug-likeness (QED) is 0.293. The molecule has 1 saturated heterocycles. The summed E-state index contributed by atoms with van der Waals surface area (Å²) in [5, 5.41) is 7.64. The maximum Gasteiger partial charge on any atom is 0.254 e. The number of amides is 2. The summed E-state index contributed by atoms with van der Waals surface area (Å²) in [7, 11) is 0. The highest BCUT2D eigenvalue weighted by molar-refractivity contribution is 6.09. The van der Waals surface area contributed by atoms with Crippen molar-refractivity contribution in [1.29, 1.82) is 0 Å². The molecule has 176 valence electrons. The molecule has 0 N–H and O–H groups in total. The van der Waals surface area contributed by atoms with E-state index in [1.807, 2.05) is 67.6 Å². The summed E-state index contributed by atoms with van der Waals surface area (Å²) < 4.78 is 5.86. The number of ether oxygens (including phenoxy) is 1. The van der Waals surface area contributed by atoms with Gasteiger partial charge in [-0.15, -0.1) is 0 Å². The first-order valence-corrected chi connectivity index (χ1v) is 12.4. The molecule has 0 aromatic heterocycles. The van der Waals surface area contributed by atoms with Crippen molar-refractivity contribution in [2.75, 3.05) is 6.61 Å². The van der Waals surface area contributed by atoms with E-state index in [2.05, 4.69) is 29.4 Å². The van der Waals surface area contributed by atoms with Crippen molar-refractivity contribution in [3.63, 3.8) is 0 Å². The van der Waals surface area contributed by atoms with Gasteiger partial charge in [0, 0.05) is 17.4 Å². The lowest BCUT2D eigenvalue weighted by Gasteiger charge is -2.45. The number of imide groups is 1. The molecular weight excluding hydrogens is 448 g/mol. The van der Waals surface area contributed by atoms with Gasteiger partial charge < -0.3 is 4.74 Å². The number of hydrogen-bond acceptors (Lipinski definition) is 4. The molecular formula is C31H24N2O3. The Morgan fingerprint density at radius 2 is 1.28 bits per heavy atom. The molecule has 4 aliphatic rings. The van der Waals surface area contributed by atoms with Crippen LogP contribution in [0.25, 0.3) is 10.8 Å². The van der Waals surface area contributed by atoms with Crippen molar-refractivity contribution in [2.45, 2.75) is 18.8 Å². The predicted molar refractivity (Wildman–Crippen MR) is 138 cm³/mol. The second-order valence-electron chi connectivity index (χ2n) is 9.63. The first-order chi connectivity index (χ1) is 17.7. The van der Waals surface area contributed by atoms with Crippen molar-refractivity contribution in [3.05, 3.63) is 113 Å². The van der Waals surface area contributed by atoms with Crippen LogP contribution in [-0.4, -0.2) is 29.6 Å². The minimum Gasteiger partial charge on any atom is -0.493 e. The number of fused-ring (bicyclic) bond motifs is 1. The maximum atomic E-state index is 13.8. The molecule has 0 saturated carbocycles. The van der Waals surface area contributed by atoms with Crippen LogP contribution in [0.3, 0.4) is 0 Å². The highest BCUT2D eigenvalue weighted by Gasteiger charge is 2.61. The SMILES string of the molecule is CCOc1ccc2ccccc2c1/C=N\N1C(=O)[C@@H]2C3c4ccccc4C(c4ccccc43)[C@H]2C1=O. The molecule has 36 heavy (non-hydrogen) atoms. The van der Waals surface area contributed by atoms with E-state index in [0.717, 1.165) is 43.6 Å². The normalized spacial score (nSPS) is 23.8. The van der Waals surface area contributed by atoms with E-state index in [1.165, 1.54) is 0 Å². The van der Waals surface area contributed by atoms with Gasteiger partial charge in [0.1, 0.15) is 5.75 Å². The standard InChI is InChI=1S/C31H24N2O3/c1-2-36-25-16-15-18-9-3-4-10-19(18)24(25)17-32-33-30(34)28-26-20-11-5-6-12-21(20)27(29(28)31(33)35)23-14-8-7-13-22(23)26/h3-17,26-29H,2H2,1H3/b32-17-/t26?,27?,28-,29-/m1/s1. The first-order valence-electron chi connectivity index (χ1n) is 12.4. The summed E-state index contributed by atoms with van der Waals surface area (Å²) in [6, 6.07) is 28.4. The Morgan fingerprint density at radius 1 is 0.750 bits per heavy atom. The fraction of sp³-hybridized carbons (Fsp3) is 0.194. The van der Waals surface area contributed by atoms with Gasteiger partial charge in [0.15, 0.2) is 0 Å². The smallest absolute Gasteiger partial charge is 0.254 e. The Hall–Kier alpha value is -4.25. The summed E-state index contributed by atoms with van der Waals surface area (Å²) in [4.78, 5) is 27.6. The number of nitrogens with zero attached hydrogens (tertiary/aromatic N) is 2. The average Bonchev–Trinajstić information content (AvgIpc) is 3.18. The van der Waals surface area contributed by atoms with Crippen LogP contribution in [0.2, 0.25) is 0 Å². The third-order valence-corrected chi connectivity index (χ3v) is 7.96. The molecule has 8 rings (SSSR count). The van der Waals surface area contributed by atoms with Gasteiger partial charge in [0.05, 0.1) is 24.7 Å². The zero-order valence-electron chi connectivity index (χ0n) is 19.8. The van der Waals surface area contributed by atoms with Crippen LogP contribution in [-0.2, 0) is 9.59 Å². The average molecular weight is 473 g/mol. The lowest BCUT2D eigenvalue weighted by molar-refractivity contribution is -0.139. The van der Waals surface area contributed by atoms with Crippen molar-refractivity contribution in [3.8, 4) is 5.75 Å². The topological polar surface area (TPSA) is 59.0 Å². The van der Waals surface area contributed by atoms with E-state index in [0.29, 0.717) is 12.4 Å². The fourth-order valence-corrected chi connectivity index (χ4v) is 6.58. The van der Waals surface area contributed by atoms with Crippen LogP contribution >= 0.6 is 0 Å². The monoisotopic (exact) mass is 472 g/mol. The molecule has 0 spiro atoms. The molecule has 2 bridgehead atoms. The zero-order chi connectivity index (χ0) is 24.4. The van der Waals surface area contributed by atoms with Gasteiger partial charge in [-0.1, -0.05) is 78.9 Å². The van der Waals surface area contributed by atoms with E-state index >= 15 is 0 Å². The Kier molecular flexibility index (Phi) is 4.61. The molecule has 0 unspecified atom stereocenters. The highest BCUT2D eigenvalue weighted by atomic mass is 16.5. The number of hydrogen-bond donors (Lipinski definition) is 0. The van der Waals surface area contributed by atoms with Crippen molar-refractivity contribution in [1.82, 2.24) is 5.01 Å². The van der Waals surface area contributed by atoms with Gasteiger partial charge >= 0.3 is 0 Å². The Bertz CT molecular complexity index is 1470. The highest BCUT2D eigenvalue weighted by Crippen LogP contribution is 2.60. The fourth-order valence-electron chi connectivity index (χ4n) is 6.58. The Labute approximate surface area is 209 Å². The molecule has 2 amide bonds. The molecule has 3 aliphatic carbocycles. The number of benzene rings is 4. The third-order valence-electron chi connectivity index (χ3n) is 7.96. The van der Waals surface area contributed by atoms with E-state index in [9.17, 15) is 9.59 Å². The lowest BCUT2D eigenvalue weighted by Crippen LogP contribution is -2.41. The van der Waals surface area contributed by atoms with Crippen LogP contribution in [0.4, 0.5) is 0 Å². The molecule has 5 nitrogen and oxygen atoms in total. The maximum absolute atomic E-state index is 13.8. The number of carbonyl (C=O) groups excluding carboxylic acids is 2. The van der Waals surface area contributed by atoms with Crippen LogP contribution in [0.5, 0.6) is 5.75 Å². The van der Waals surface area contributed by atoms with Crippen molar-refractivity contribution in [2.24, 2.45) is 16.9 Å². The van der Waals surface area contributed by atoms with E-state index in [-0.39, 0.29) is 23.7 Å². The molecule has 2 atom stereocenters. The summed E-state index contributed by atoms with van der Waals surface area (Å²) in [5.41, 5.74) is 5.38. The van der Waals surface area contributed by atoms with E-state index < -0.39 is 11.8 Å². The van der Waals surface area contributed by atoms with Gasteiger partial charge in [-0.25, -0.2) is 0 Å². The second kappa shape index (κ2) is 7.89. The molecule has 1 heterocycles. The largest absolute Gasteiger partial charge is 0.493 e. The van der Waals surface area contributed by atoms with Gasteiger partial charge in [0.25, 0.3) is 11.8 Å². The van der Waals surface area contributed by atoms with Gasteiger partial charge in [-0.3, -0.25) is 9.59 Å². The van der Waals surface area contributed by atoms with Crippen molar-refractivity contribution < 1.29 is 14.3 Å². The van der Waals surface area contributed by atoms with Crippen LogP contribution in [0.1, 0.15) is 46.6 Å². The molecule has 4 aromatic carbocycles. The van der Waals surface area contributed by atoms with Crippen molar-refractivity contribution >= 4 is 28.8 Å². The second-order valence-corrected chi connectivity index (χ2v) is 9.63. The molecule has 4 aromatic rings. The van der Waals surface area contributed by atoms with Gasteiger partial charge in [0.2, 0.25) is 0 Å². The molecule has 5 heteroatoms. The van der Waals surface area contributed by atoms with E-state index in [1.54, 1.807) is 6.21 Å².